The molecule has 3 atom stereocenters. The summed E-state index contributed by atoms with van der Waals surface area (Å²) in [4.78, 5) is 28.4. The van der Waals surface area contributed by atoms with Gasteiger partial charge in [0.2, 0.25) is 15.9 Å². The summed E-state index contributed by atoms with van der Waals surface area (Å²) >= 11 is 0. The van der Waals surface area contributed by atoms with Gasteiger partial charge in [0.15, 0.2) is 0 Å². The van der Waals surface area contributed by atoms with E-state index in [9.17, 15) is 22.4 Å². The third-order valence-electron chi connectivity index (χ3n) is 8.92. The molecule has 3 unspecified atom stereocenters. The van der Waals surface area contributed by atoms with Crippen molar-refractivity contribution < 1.29 is 22.4 Å². The van der Waals surface area contributed by atoms with Crippen LogP contribution in [0.3, 0.4) is 0 Å². The predicted molar refractivity (Wildman–Crippen MR) is 168 cm³/mol. The molecule has 1 aliphatic heterocycles. The summed E-state index contributed by atoms with van der Waals surface area (Å²) in [7, 11) is -0.116. The first kappa shape index (κ1) is 30.9. The van der Waals surface area contributed by atoms with Gasteiger partial charge in [0.1, 0.15) is 5.82 Å². The number of aromatic nitrogens is 1. The van der Waals surface area contributed by atoms with E-state index in [1.54, 1.807) is 43.5 Å². The molecule has 0 bridgehead atoms. The van der Waals surface area contributed by atoms with Gasteiger partial charge in [-0.25, -0.2) is 16.8 Å². The third-order valence-corrected chi connectivity index (χ3v) is 11.4. The Bertz CT molecular complexity index is 1710. The maximum atomic E-state index is 14.7. The van der Waals surface area contributed by atoms with Gasteiger partial charge >= 0.3 is 0 Å². The molecule has 1 aromatic heterocycles. The van der Waals surface area contributed by atoms with Gasteiger partial charge in [-0.1, -0.05) is 19.1 Å². The van der Waals surface area contributed by atoms with Crippen molar-refractivity contribution in [2.45, 2.75) is 63.8 Å². The van der Waals surface area contributed by atoms with E-state index in [0.29, 0.717) is 64.5 Å². The summed E-state index contributed by atoms with van der Waals surface area (Å²) in [6.07, 6.45) is 5.47. The highest BCUT2D eigenvalue weighted by Gasteiger charge is 2.54. The normalized spacial score (nSPS) is 21.6. The topological polar surface area (TPSA) is 101 Å². The van der Waals surface area contributed by atoms with Gasteiger partial charge in [0, 0.05) is 41.8 Å². The van der Waals surface area contributed by atoms with E-state index in [2.05, 4.69) is 17.2 Å². The molecule has 2 heterocycles. The number of fused-ring (bicyclic) bond motifs is 1. The molecule has 2 fully saturated rings. The Morgan fingerprint density at radius 1 is 1.21 bits per heavy atom. The lowest BCUT2D eigenvalue weighted by molar-refractivity contribution is -0.129. The first-order chi connectivity index (χ1) is 20.3. The van der Waals surface area contributed by atoms with Crippen LogP contribution in [0.25, 0.3) is 22.0 Å². The Hall–Kier alpha value is -3.50. The molecule has 230 valence electrons. The van der Waals surface area contributed by atoms with Gasteiger partial charge in [-0.15, -0.1) is 6.58 Å². The SMILES string of the molecule is C=CCC1(S(=O)(=O)n2cc(C)c3c(C(=O)NCC4C(=O)NC(C)CC4C)cc(-c4ccc(F)c(CN(C)C)c4)cc32)CC1. The van der Waals surface area contributed by atoms with E-state index < -0.39 is 20.7 Å². The van der Waals surface area contributed by atoms with Gasteiger partial charge in [-0.3, -0.25) is 9.59 Å². The minimum Gasteiger partial charge on any atom is -0.353 e. The monoisotopic (exact) mass is 608 g/mol. The Balaban J connectivity index is 1.63. The number of nitrogens with one attached hydrogen (secondary N) is 2. The van der Waals surface area contributed by atoms with Crippen molar-refractivity contribution in [3.05, 3.63) is 71.7 Å². The zero-order chi connectivity index (χ0) is 31.3. The van der Waals surface area contributed by atoms with Gasteiger partial charge in [-0.05, 0) is 100 Å². The second kappa shape index (κ2) is 11.5. The number of nitrogens with zero attached hydrogens (tertiary/aromatic N) is 2. The zero-order valence-corrected chi connectivity index (χ0v) is 26.4. The number of hydrogen-bond acceptors (Lipinski definition) is 5. The van der Waals surface area contributed by atoms with Crippen molar-refractivity contribution in [3.63, 3.8) is 0 Å². The molecule has 1 saturated carbocycles. The number of carbonyl (C=O) groups excluding carboxylic acids is 2. The fourth-order valence-electron chi connectivity index (χ4n) is 6.45. The first-order valence-electron chi connectivity index (χ1n) is 14.8. The number of benzene rings is 2. The van der Waals surface area contributed by atoms with Crippen molar-refractivity contribution in [2.75, 3.05) is 20.6 Å². The number of halogens is 1. The molecule has 2 N–H and O–H groups in total. The lowest BCUT2D eigenvalue weighted by Gasteiger charge is -2.32. The number of piperidine rings is 1. The minimum atomic E-state index is -3.82. The van der Waals surface area contributed by atoms with Crippen LogP contribution < -0.4 is 10.6 Å². The number of carbonyl (C=O) groups is 2. The van der Waals surface area contributed by atoms with Gasteiger partial charge < -0.3 is 15.5 Å². The summed E-state index contributed by atoms with van der Waals surface area (Å²) in [5, 5.41) is 6.46. The highest BCUT2D eigenvalue weighted by molar-refractivity contribution is 7.91. The molecule has 2 aromatic carbocycles. The van der Waals surface area contributed by atoms with E-state index >= 15 is 0 Å². The van der Waals surface area contributed by atoms with Gasteiger partial charge in [0.25, 0.3) is 5.91 Å². The Morgan fingerprint density at radius 3 is 2.56 bits per heavy atom. The highest BCUT2D eigenvalue weighted by atomic mass is 32.2. The molecule has 3 aromatic rings. The number of hydrogen-bond donors (Lipinski definition) is 2. The fraction of sp³-hybridized carbons (Fsp3) is 0.455. The van der Waals surface area contributed by atoms with Crippen LogP contribution in [0.2, 0.25) is 0 Å². The molecular weight excluding hydrogens is 567 g/mol. The van der Waals surface area contributed by atoms with Gasteiger partial charge in [-0.2, -0.15) is 0 Å². The zero-order valence-electron chi connectivity index (χ0n) is 25.5. The van der Waals surface area contributed by atoms with Crippen LogP contribution >= 0.6 is 0 Å². The molecule has 5 rings (SSSR count). The summed E-state index contributed by atoms with van der Waals surface area (Å²) in [5.74, 6) is -1.10. The molecule has 0 spiro atoms. The second-order valence-electron chi connectivity index (χ2n) is 12.7. The Kier molecular flexibility index (Phi) is 8.30. The lowest BCUT2D eigenvalue weighted by atomic mass is 9.84. The lowest BCUT2D eigenvalue weighted by Crippen LogP contribution is -2.50. The van der Waals surface area contributed by atoms with Crippen molar-refractivity contribution in [2.24, 2.45) is 11.8 Å². The molecule has 2 amide bonds. The standard InChI is InChI=1S/C33H41FN4O4S/c1-7-10-33(11-12-33)43(41,42)38-18-21(3)30-26(31(39)35-17-27-20(2)13-22(4)36-32(27)40)15-24(16-29(30)38)23-8-9-28(34)25(14-23)19-37(5)6/h7-9,14-16,18,20,22,27H,1,10-13,17,19H2,2-6H3,(H,35,39)(H,36,40). The molecule has 1 aliphatic carbocycles. The van der Waals surface area contributed by atoms with E-state index in [0.717, 1.165) is 6.42 Å². The predicted octanol–water partition coefficient (Wildman–Crippen LogP) is 4.99. The highest BCUT2D eigenvalue weighted by Crippen LogP contribution is 2.49. The average Bonchev–Trinajstić information content (AvgIpc) is 3.65. The minimum absolute atomic E-state index is 0.0825. The van der Waals surface area contributed by atoms with Gasteiger partial charge in [0.05, 0.1) is 16.2 Å². The largest absolute Gasteiger partial charge is 0.353 e. The molecular formula is C33H41FN4O4S. The molecule has 0 radical (unpaired) electrons. The smallest absolute Gasteiger partial charge is 0.252 e. The van der Waals surface area contributed by atoms with Crippen LogP contribution in [0.5, 0.6) is 0 Å². The second-order valence-corrected chi connectivity index (χ2v) is 14.9. The van der Waals surface area contributed by atoms with Crippen LogP contribution in [0.15, 0.2) is 49.2 Å². The van der Waals surface area contributed by atoms with Crippen molar-refractivity contribution >= 4 is 32.7 Å². The number of allylic oxidation sites excluding steroid dienone is 1. The van der Waals surface area contributed by atoms with E-state index in [-0.39, 0.29) is 36.1 Å². The van der Waals surface area contributed by atoms with Crippen molar-refractivity contribution in [3.8, 4) is 11.1 Å². The van der Waals surface area contributed by atoms with E-state index in [1.165, 1.54) is 10.0 Å². The van der Waals surface area contributed by atoms with Crippen molar-refractivity contribution in [1.29, 1.82) is 0 Å². The maximum Gasteiger partial charge on any atom is 0.252 e. The first-order valence-corrected chi connectivity index (χ1v) is 16.3. The fourth-order valence-corrected chi connectivity index (χ4v) is 8.51. The van der Waals surface area contributed by atoms with E-state index in [1.807, 2.05) is 32.8 Å². The van der Waals surface area contributed by atoms with Crippen molar-refractivity contribution in [1.82, 2.24) is 19.5 Å². The number of rotatable bonds is 10. The summed E-state index contributed by atoms with van der Waals surface area (Å²) < 4.78 is 43.1. The number of aryl methyl sites for hydroxylation is 1. The molecule has 1 saturated heterocycles. The third kappa shape index (κ3) is 5.74. The average molecular weight is 609 g/mol. The summed E-state index contributed by atoms with van der Waals surface area (Å²) in [6, 6.07) is 8.36. The van der Waals surface area contributed by atoms with Crippen LogP contribution in [0, 0.1) is 24.6 Å². The van der Waals surface area contributed by atoms with Crippen LogP contribution in [0.1, 0.15) is 61.0 Å². The Morgan fingerprint density at radius 2 is 1.93 bits per heavy atom. The summed E-state index contributed by atoms with van der Waals surface area (Å²) in [5.41, 5.74) is 3.10. The molecule has 2 aliphatic rings. The van der Waals surface area contributed by atoms with Crippen LogP contribution in [-0.4, -0.2) is 60.5 Å². The molecule has 10 heteroatoms. The number of amides is 2. The van der Waals surface area contributed by atoms with Crippen LogP contribution in [-0.2, 0) is 21.4 Å². The molecule has 43 heavy (non-hydrogen) atoms. The van der Waals surface area contributed by atoms with Crippen LogP contribution in [0.4, 0.5) is 4.39 Å². The van der Waals surface area contributed by atoms with E-state index in [4.69, 9.17) is 0 Å². The maximum absolute atomic E-state index is 14.7. The Labute approximate surface area is 253 Å². The molecule has 8 nitrogen and oxygen atoms in total. The summed E-state index contributed by atoms with van der Waals surface area (Å²) in [6.45, 7) is 10.1. The quantitative estimate of drug-likeness (QED) is 0.316.